The second kappa shape index (κ2) is 9.46. The molecule has 0 radical (unpaired) electrons. The minimum atomic E-state index is 0.0511. The molecule has 150 valence electrons. The van der Waals surface area contributed by atoms with Crippen molar-refractivity contribution in [2.45, 2.75) is 13.8 Å². The van der Waals surface area contributed by atoms with Crippen LogP contribution in [0.3, 0.4) is 0 Å². The van der Waals surface area contributed by atoms with Gasteiger partial charge in [0.2, 0.25) is 0 Å². The number of rotatable bonds is 7. The fourth-order valence-corrected chi connectivity index (χ4v) is 3.57. The molecule has 1 fully saturated rings. The zero-order valence-corrected chi connectivity index (χ0v) is 16.7. The Morgan fingerprint density at radius 2 is 1.93 bits per heavy atom. The predicted octanol–water partition coefficient (Wildman–Crippen LogP) is 0.909. The van der Waals surface area contributed by atoms with Crippen LogP contribution in [0.4, 0.5) is 5.69 Å². The van der Waals surface area contributed by atoms with E-state index in [-0.39, 0.29) is 5.91 Å². The van der Waals surface area contributed by atoms with Gasteiger partial charge in [-0.3, -0.25) is 4.79 Å². The lowest BCUT2D eigenvalue weighted by Gasteiger charge is -2.33. The Balaban J connectivity index is 1.35. The number of aromatic hydroxyl groups is 1. The van der Waals surface area contributed by atoms with Gasteiger partial charge in [-0.25, -0.2) is 0 Å². The molecule has 6 heteroatoms. The second-order valence-electron chi connectivity index (χ2n) is 7.37. The molecule has 0 unspecified atom stereocenters. The maximum Gasteiger partial charge on any atom is 0.275 e. The molecule has 6 nitrogen and oxygen atoms in total. The molecule has 0 bridgehead atoms. The van der Waals surface area contributed by atoms with Crippen molar-refractivity contribution >= 4 is 11.6 Å². The summed E-state index contributed by atoms with van der Waals surface area (Å²) in [5.74, 6) is 1.23. The van der Waals surface area contributed by atoms with Crippen LogP contribution < -0.4 is 19.9 Å². The van der Waals surface area contributed by atoms with Gasteiger partial charge in [-0.1, -0.05) is 29.8 Å². The van der Waals surface area contributed by atoms with Gasteiger partial charge in [0.25, 0.3) is 5.91 Å². The number of phenols is 1. The molecule has 1 heterocycles. The zero-order valence-electron chi connectivity index (χ0n) is 16.7. The lowest BCUT2D eigenvalue weighted by atomic mass is 10.1. The number of amides is 1. The summed E-state index contributed by atoms with van der Waals surface area (Å²) in [6.07, 6.45) is 0. The number of piperazine rings is 1. The number of anilines is 1. The van der Waals surface area contributed by atoms with E-state index in [1.165, 1.54) is 10.5 Å². The maximum atomic E-state index is 12.2. The summed E-state index contributed by atoms with van der Waals surface area (Å²) in [6.45, 7) is 8.93. The van der Waals surface area contributed by atoms with Crippen molar-refractivity contribution in [3.63, 3.8) is 0 Å². The number of hydrogen-bond donors (Lipinski definition) is 3. The number of aryl methyl sites for hydroxylation is 2. The van der Waals surface area contributed by atoms with Gasteiger partial charge in [0.15, 0.2) is 6.54 Å². The van der Waals surface area contributed by atoms with Crippen molar-refractivity contribution < 1.29 is 19.5 Å². The molecule has 1 saturated heterocycles. The molecule has 0 aliphatic carbocycles. The number of carbonyl (C=O) groups excluding carboxylic acids is 1. The van der Waals surface area contributed by atoms with Crippen molar-refractivity contribution in [3.8, 4) is 11.5 Å². The van der Waals surface area contributed by atoms with E-state index in [0.717, 1.165) is 43.2 Å². The van der Waals surface area contributed by atoms with Gasteiger partial charge in [-0.05, 0) is 37.6 Å². The van der Waals surface area contributed by atoms with Crippen molar-refractivity contribution in [1.82, 2.24) is 5.32 Å². The molecule has 2 aromatic carbocycles. The molecule has 3 N–H and O–H groups in total. The minimum Gasteiger partial charge on any atom is -0.506 e. The first kappa shape index (κ1) is 20.0. The fourth-order valence-electron chi connectivity index (χ4n) is 3.57. The molecule has 1 aliphatic rings. The number of nitrogens with zero attached hydrogens (tertiary/aromatic N) is 1. The standard InChI is InChI=1S/C22H29N3O3/c1-17-7-8-21(18(2)15-17)28-14-9-23-22(27)16-24-10-12-25(13-11-24)19-5-3-4-6-20(19)26/h3-8,15,26H,9-14,16H2,1-2H3,(H,23,27)/p+1. The summed E-state index contributed by atoms with van der Waals surface area (Å²) < 4.78 is 5.75. The van der Waals surface area contributed by atoms with Gasteiger partial charge >= 0.3 is 0 Å². The van der Waals surface area contributed by atoms with Gasteiger partial charge in [0.05, 0.1) is 38.4 Å². The van der Waals surface area contributed by atoms with Crippen LogP contribution >= 0.6 is 0 Å². The van der Waals surface area contributed by atoms with E-state index in [9.17, 15) is 9.90 Å². The largest absolute Gasteiger partial charge is 0.506 e. The van der Waals surface area contributed by atoms with E-state index >= 15 is 0 Å². The van der Waals surface area contributed by atoms with Gasteiger partial charge < -0.3 is 25.0 Å². The third-order valence-corrected chi connectivity index (χ3v) is 5.12. The van der Waals surface area contributed by atoms with Crippen molar-refractivity contribution in [2.24, 2.45) is 0 Å². The maximum absolute atomic E-state index is 12.2. The summed E-state index contributed by atoms with van der Waals surface area (Å²) >= 11 is 0. The minimum absolute atomic E-state index is 0.0511. The monoisotopic (exact) mass is 384 g/mol. The molecular formula is C22H30N3O3+. The number of hydrogen-bond acceptors (Lipinski definition) is 4. The Labute approximate surface area is 166 Å². The van der Waals surface area contributed by atoms with Gasteiger partial charge in [-0.15, -0.1) is 0 Å². The van der Waals surface area contributed by atoms with Gasteiger partial charge in [0.1, 0.15) is 18.1 Å². The predicted molar refractivity (Wildman–Crippen MR) is 110 cm³/mol. The third kappa shape index (κ3) is 5.39. The van der Waals surface area contributed by atoms with Gasteiger partial charge in [0, 0.05) is 0 Å². The van der Waals surface area contributed by atoms with Crippen molar-refractivity contribution in [3.05, 3.63) is 53.6 Å². The number of para-hydroxylation sites is 2. The van der Waals surface area contributed by atoms with E-state index in [1.807, 2.05) is 37.3 Å². The lowest BCUT2D eigenvalue weighted by molar-refractivity contribution is -0.892. The molecule has 0 spiro atoms. The van der Waals surface area contributed by atoms with E-state index in [4.69, 9.17) is 4.74 Å². The summed E-state index contributed by atoms with van der Waals surface area (Å²) in [4.78, 5) is 15.6. The summed E-state index contributed by atoms with van der Waals surface area (Å²) in [5.41, 5.74) is 3.19. The van der Waals surface area contributed by atoms with Crippen molar-refractivity contribution in [2.75, 3.05) is 50.8 Å². The van der Waals surface area contributed by atoms with Crippen LogP contribution in [0, 0.1) is 13.8 Å². The summed E-state index contributed by atoms with van der Waals surface area (Å²) in [6, 6.07) is 13.5. The third-order valence-electron chi connectivity index (χ3n) is 5.12. The molecule has 0 saturated carbocycles. The number of benzene rings is 2. The average Bonchev–Trinajstić information content (AvgIpc) is 2.68. The van der Waals surface area contributed by atoms with Crippen LogP contribution in [0.25, 0.3) is 0 Å². The summed E-state index contributed by atoms with van der Waals surface area (Å²) in [5, 5.41) is 12.9. The molecule has 28 heavy (non-hydrogen) atoms. The molecule has 2 aromatic rings. The second-order valence-corrected chi connectivity index (χ2v) is 7.37. The highest BCUT2D eigenvalue weighted by Gasteiger charge is 2.23. The number of carbonyl (C=O) groups is 1. The molecule has 3 rings (SSSR count). The fraction of sp³-hybridized carbons (Fsp3) is 0.409. The van der Waals surface area contributed by atoms with Crippen LogP contribution in [0.1, 0.15) is 11.1 Å². The number of nitrogens with one attached hydrogen (secondary N) is 2. The molecule has 1 aliphatic heterocycles. The normalized spacial score (nSPS) is 14.7. The Bertz CT molecular complexity index is 801. The highest BCUT2D eigenvalue weighted by molar-refractivity contribution is 5.76. The summed E-state index contributed by atoms with van der Waals surface area (Å²) in [7, 11) is 0. The van der Waals surface area contributed by atoms with Crippen LogP contribution in [0.2, 0.25) is 0 Å². The first-order valence-electron chi connectivity index (χ1n) is 9.86. The Morgan fingerprint density at radius 3 is 2.64 bits per heavy atom. The van der Waals surface area contributed by atoms with E-state index in [1.54, 1.807) is 6.07 Å². The zero-order chi connectivity index (χ0) is 19.9. The number of phenolic OH excluding ortho intramolecular Hbond substituents is 1. The van der Waals surface area contributed by atoms with Crippen LogP contribution in [0.15, 0.2) is 42.5 Å². The van der Waals surface area contributed by atoms with E-state index < -0.39 is 0 Å². The van der Waals surface area contributed by atoms with Crippen LogP contribution in [-0.4, -0.2) is 56.9 Å². The van der Waals surface area contributed by atoms with Gasteiger partial charge in [-0.2, -0.15) is 0 Å². The molecule has 0 aromatic heterocycles. The number of ether oxygens (including phenoxy) is 1. The Morgan fingerprint density at radius 1 is 1.18 bits per heavy atom. The Kier molecular flexibility index (Phi) is 6.76. The molecule has 0 atom stereocenters. The molecular weight excluding hydrogens is 354 g/mol. The Hall–Kier alpha value is -2.73. The van der Waals surface area contributed by atoms with Crippen molar-refractivity contribution in [1.29, 1.82) is 0 Å². The quantitative estimate of drug-likeness (QED) is 0.621. The van der Waals surface area contributed by atoms with Crippen LogP contribution in [-0.2, 0) is 4.79 Å². The highest BCUT2D eigenvalue weighted by atomic mass is 16.5. The highest BCUT2D eigenvalue weighted by Crippen LogP contribution is 2.25. The van der Waals surface area contributed by atoms with E-state index in [2.05, 4.69) is 23.2 Å². The number of quaternary nitrogens is 1. The average molecular weight is 385 g/mol. The smallest absolute Gasteiger partial charge is 0.275 e. The topological polar surface area (TPSA) is 66.2 Å². The SMILES string of the molecule is Cc1ccc(OCCNC(=O)C[NH+]2CCN(c3ccccc3O)CC2)c(C)c1. The van der Waals surface area contributed by atoms with E-state index in [0.29, 0.717) is 25.4 Å². The first-order valence-corrected chi connectivity index (χ1v) is 9.86. The molecule has 1 amide bonds. The first-order chi connectivity index (χ1) is 13.5. The lowest BCUT2D eigenvalue weighted by Crippen LogP contribution is -3.16. The van der Waals surface area contributed by atoms with Crippen LogP contribution in [0.5, 0.6) is 11.5 Å².